The molecule has 0 heterocycles. The molecule has 0 atom stereocenters. The number of rotatable bonds is 4. The summed E-state index contributed by atoms with van der Waals surface area (Å²) in [4.78, 5) is 23.5. The van der Waals surface area contributed by atoms with E-state index < -0.39 is 17.8 Å². The molecule has 120 valence electrons. The Morgan fingerprint density at radius 3 is 2.26 bits per heavy atom. The maximum Gasteiger partial charge on any atom is 0.338 e. The molecule has 0 saturated heterocycles. The summed E-state index contributed by atoms with van der Waals surface area (Å²) in [5, 5.41) is 5.11. The smallest absolute Gasteiger partial charge is 0.338 e. The van der Waals surface area contributed by atoms with Crippen LogP contribution in [0.2, 0.25) is 0 Å². The van der Waals surface area contributed by atoms with Gasteiger partial charge in [-0.1, -0.05) is 6.07 Å². The molecular weight excluding hydrogens is 299 g/mol. The van der Waals surface area contributed by atoms with Crippen LogP contribution in [-0.4, -0.2) is 18.1 Å². The fourth-order valence-corrected chi connectivity index (χ4v) is 1.83. The van der Waals surface area contributed by atoms with Gasteiger partial charge in [0.2, 0.25) is 0 Å². The van der Waals surface area contributed by atoms with Crippen molar-refractivity contribution in [3.05, 3.63) is 59.9 Å². The summed E-state index contributed by atoms with van der Waals surface area (Å²) in [6, 6.07) is 11.4. The molecule has 2 rings (SSSR count). The van der Waals surface area contributed by atoms with E-state index in [-0.39, 0.29) is 6.10 Å². The van der Waals surface area contributed by atoms with Crippen LogP contribution in [0.5, 0.6) is 0 Å². The van der Waals surface area contributed by atoms with Gasteiger partial charge in [-0.05, 0) is 56.3 Å². The second-order valence-corrected chi connectivity index (χ2v) is 5.12. The van der Waals surface area contributed by atoms with Crippen molar-refractivity contribution in [1.29, 1.82) is 0 Å². The van der Waals surface area contributed by atoms with Gasteiger partial charge < -0.3 is 15.4 Å². The number of carbonyl (C=O) groups excluding carboxylic acids is 2. The minimum absolute atomic E-state index is 0.197. The SMILES string of the molecule is CC(C)OC(=O)c1ccc(NC(=O)Nc2cccc(F)c2)cc1. The van der Waals surface area contributed by atoms with Gasteiger partial charge in [0, 0.05) is 11.4 Å². The Morgan fingerprint density at radius 1 is 1.00 bits per heavy atom. The number of halogens is 1. The van der Waals surface area contributed by atoms with E-state index in [4.69, 9.17) is 4.74 Å². The van der Waals surface area contributed by atoms with Crippen molar-refractivity contribution in [2.75, 3.05) is 10.6 Å². The van der Waals surface area contributed by atoms with E-state index in [2.05, 4.69) is 10.6 Å². The average molecular weight is 316 g/mol. The van der Waals surface area contributed by atoms with Gasteiger partial charge in [0.15, 0.2) is 0 Å². The largest absolute Gasteiger partial charge is 0.459 e. The molecule has 2 aromatic carbocycles. The van der Waals surface area contributed by atoms with Crippen LogP contribution >= 0.6 is 0 Å². The highest BCUT2D eigenvalue weighted by Gasteiger charge is 2.09. The molecule has 2 N–H and O–H groups in total. The van der Waals surface area contributed by atoms with E-state index in [1.54, 1.807) is 44.2 Å². The van der Waals surface area contributed by atoms with Crippen molar-refractivity contribution >= 4 is 23.4 Å². The topological polar surface area (TPSA) is 67.4 Å². The van der Waals surface area contributed by atoms with Gasteiger partial charge in [0.05, 0.1) is 11.7 Å². The van der Waals surface area contributed by atoms with E-state index in [1.807, 2.05) is 0 Å². The minimum Gasteiger partial charge on any atom is -0.459 e. The number of hydrogen-bond donors (Lipinski definition) is 2. The van der Waals surface area contributed by atoms with Crippen LogP contribution in [-0.2, 0) is 4.74 Å². The highest BCUT2D eigenvalue weighted by atomic mass is 19.1. The van der Waals surface area contributed by atoms with Crippen LogP contribution in [0.1, 0.15) is 24.2 Å². The van der Waals surface area contributed by atoms with Crippen LogP contribution in [0.15, 0.2) is 48.5 Å². The van der Waals surface area contributed by atoms with E-state index in [0.29, 0.717) is 16.9 Å². The van der Waals surface area contributed by atoms with Crippen LogP contribution in [0.4, 0.5) is 20.6 Å². The second kappa shape index (κ2) is 7.40. The Balaban J connectivity index is 1.95. The molecule has 0 aliphatic heterocycles. The molecule has 2 amide bonds. The van der Waals surface area contributed by atoms with Crippen molar-refractivity contribution in [2.24, 2.45) is 0 Å². The van der Waals surface area contributed by atoms with E-state index in [9.17, 15) is 14.0 Å². The molecule has 0 spiro atoms. The van der Waals surface area contributed by atoms with Crippen molar-refractivity contribution in [1.82, 2.24) is 0 Å². The third-order valence-corrected chi connectivity index (χ3v) is 2.80. The fourth-order valence-electron chi connectivity index (χ4n) is 1.83. The second-order valence-electron chi connectivity index (χ2n) is 5.12. The lowest BCUT2D eigenvalue weighted by molar-refractivity contribution is 0.0378. The van der Waals surface area contributed by atoms with Crippen LogP contribution in [0.25, 0.3) is 0 Å². The van der Waals surface area contributed by atoms with Gasteiger partial charge in [0.25, 0.3) is 0 Å². The monoisotopic (exact) mass is 316 g/mol. The maximum absolute atomic E-state index is 13.0. The maximum atomic E-state index is 13.0. The van der Waals surface area contributed by atoms with Crippen LogP contribution in [0.3, 0.4) is 0 Å². The number of ether oxygens (including phenoxy) is 1. The Kier molecular flexibility index (Phi) is 5.30. The van der Waals surface area contributed by atoms with E-state index in [1.165, 1.54) is 18.2 Å². The number of urea groups is 1. The molecular formula is C17H17FN2O3. The first-order valence-corrected chi connectivity index (χ1v) is 7.08. The Bertz CT molecular complexity index is 699. The summed E-state index contributed by atoms with van der Waals surface area (Å²) in [5.41, 5.74) is 1.24. The van der Waals surface area contributed by atoms with Gasteiger partial charge in [0.1, 0.15) is 5.82 Å². The molecule has 0 aromatic heterocycles. The lowest BCUT2D eigenvalue weighted by Gasteiger charge is -2.10. The minimum atomic E-state index is -0.506. The summed E-state index contributed by atoms with van der Waals surface area (Å²) in [6.07, 6.45) is -0.197. The Hall–Kier alpha value is -2.89. The number of benzene rings is 2. The van der Waals surface area contributed by atoms with Crippen molar-refractivity contribution in [3.63, 3.8) is 0 Å². The molecule has 0 aliphatic carbocycles. The van der Waals surface area contributed by atoms with Crippen LogP contribution in [0, 0.1) is 5.82 Å². The van der Waals surface area contributed by atoms with Gasteiger partial charge in [-0.3, -0.25) is 0 Å². The highest BCUT2D eigenvalue weighted by molar-refractivity contribution is 6.00. The lowest BCUT2D eigenvalue weighted by atomic mass is 10.2. The summed E-state index contributed by atoms with van der Waals surface area (Å²) in [5.74, 6) is -0.855. The third kappa shape index (κ3) is 5.10. The highest BCUT2D eigenvalue weighted by Crippen LogP contribution is 2.13. The normalized spacial score (nSPS) is 10.3. The number of nitrogens with one attached hydrogen (secondary N) is 2. The first-order chi connectivity index (χ1) is 10.9. The summed E-state index contributed by atoms with van der Waals surface area (Å²) < 4.78 is 18.1. The van der Waals surface area contributed by atoms with Crippen molar-refractivity contribution in [3.8, 4) is 0 Å². The molecule has 23 heavy (non-hydrogen) atoms. The van der Waals surface area contributed by atoms with Gasteiger partial charge >= 0.3 is 12.0 Å². The first-order valence-electron chi connectivity index (χ1n) is 7.08. The van der Waals surface area contributed by atoms with Crippen molar-refractivity contribution < 1.29 is 18.7 Å². The average Bonchev–Trinajstić information content (AvgIpc) is 2.47. The molecule has 0 bridgehead atoms. The Morgan fingerprint density at radius 2 is 1.65 bits per heavy atom. The van der Waals surface area contributed by atoms with Crippen molar-refractivity contribution in [2.45, 2.75) is 20.0 Å². The summed E-state index contributed by atoms with van der Waals surface area (Å²) in [6.45, 7) is 3.54. The van der Waals surface area contributed by atoms with Crippen LogP contribution < -0.4 is 10.6 Å². The summed E-state index contributed by atoms with van der Waals surface area (Å²) in [7, 11) is 0. The predicted molar refractivity (Wildman–Crippen MR) is 86.0 cm³/mol. The molecule has 0 saturated carbocycles. The Labute approximate surface area is 133 Å². The van der Waals surface area contributed by atoms with E-state index >= 15 is 0 Å². The van der Waals surface area contributed by atoms with Gasteiger partial charge in [-0.25, -0.2) is 14.0 Å². The fraction of sp³-hybridized carbons (Fsp3) is 0.176. The zero-order valence-corrected chi connectivity index (χ0v) is 12.8. The number of amides is 2. The lowest BCUT2D eigenvalue weighted by Crippen LogP contribution is -2.19. The number of hydrogen-bond acceptors (Lipinski definition) is 3. The quantitative estimate of drug-likeness (QED) is 0.837. The number of anilines is 2. The molecule has 5 nitrogen and oxygen atoms in total. The molecule has 6 heteroatoms. The first kappa shape index (κ1) is 16.5. The van der Waals surface area contributed by atoms with Gasteiger partial charge in [-0.15, -0.1) is 0 Å². The predicted octanol–water partition coefficient (Wildman–Crippen LogP) is 4.03. The van der Waals surface area contributed by atoms with E-state index in [0.717, 1.165) is 0 Å². The van der Waals surface area contributed by atoms with Gasteiger partial charge in [-0.2, -0.15) is 0 Å². The number of esters is 1. The zero-order chi connectivity index (χ0) is 16.8. The number of carbonyl (C=O) groups is 2. The third-order valence-electron chi connectivity index (χ3n) is 2.80. The zero-order valence-electron chi connectivity index (χ0n) is 12.8. The molecule has 0 radical (unpaired) electrons. The molecule has 0 aliphatic rings. The molecule has 0 unspecified atom stereocenters. The molecule has 2 aromatic rings. The molecule has 0 fully saturated rings. The standard InChI is InChI=1S/C17H17FN2O3/c1-11(2)23-16(21)12-6-8-14(9-7-12)19-17(22)20-15-5-3-4-13(18)10-15/h3-11H,1-2H3,(H2,19,20,22). The summed E-state index contributed by atoms with van der Waals surface area (Å²) >= 11 is 0.